The van der Waals surface area contributed by atoms with Crippen LogP contribution in [-0.4, -0.2) is 17.4 Å². The molecule has 1 N–H and O–H groups in total. The number of hydrogen-bond donors (Lipinski definition) is 1. The number of nitrogens with zero attached hydrogens (tertiary/aromatic N) is 1. The van der Waals surface area contributed by atoms with Crippen LogP contribution in [0.15, 0.2) is 42.5 Å². The molecule has 0 aliphatic carbocycles. The second-order valence-corrected chi connectivity index (χ2v) is 6.52. The van der Waals surface area contributed by atoms with Crippen LogP contribution in [0.25, 0.3) is 0 Å². The van der Waals surface area contributed by atoms with Crippen LogP contribution in [0.1, 0.15) is 54.9 Å². The number of nitro benzene ring substituents is 1. The molecule has 6 nitrogen and oxygen atoms in total. The number of rotatable bonds is 10. The van der Waals surface area contributed by atoms with Crippen molar-refractivity contribution in [2.75, 3.05) is 11.9 Å². The fourth-order valence-electron chi connectivity index (χ4n) is 2.69. The van der Waals surface area contributed by atoms with Crippen LogP contribution >= 0.6 is 0 Å². The maximum atomic E-state index is 12.4. The number of carbonyl (C=O) groups is 1. The maximum Gasteiger partial charge on any atom is 0.293 e. The summed E-state index contributed by atoms with van der Waals surface area (Å²) in [7, 11) is 0. The molecule has 1 amide bonds. The highest BCUT2D eigenvalue weighted by molar-refractivity contribution is 6.05. The highest BCUT2D eigenvalue weighted by Gasteiger charge is 2.16. The molecule has 0 radical (unpaired) electrons. The molecule has 0 spiro atoms. The van der Waals surface area contributed by atoms with E-state index in [1.165, 1.54) is 25.3 Å². The summed E-state index contributed by atoms with van der Waals surface area (Å²) in [4.78, 5) is 23.0. The van der Waals surface area contributed by atoms with Gasteiger partial charge in [0.25, 0.3) is 11.6 Å². The summed E-state index contributed by atoms with van der Waals surface area (Å²) in [5.74, 6) is 0.316. The average Bonchev–Trinajstić information content (AvgIpc) is 2.66. The van der Waals surface area contributed by atoms with Gasteiger partial charge in [-0.3, -0.25) is 14.9 Å². The van der Waals surface area contributed by atoms with Gasteiger partial charge in [-0.15, -0.1) is 0 Å². The Morgan fingerprint density at radius 1 is 1.07 bits per heavy atom. The van der Waals surface area contributed by atoms with E-state index in [-0.39, 0.29) is 11.4 Å². The van der Waals surface area contributed by atoms with E-state index in [9.17, 15) is 14.9 Å². The van der Waals surface area contributed by atoms with Gasteiger partial charge in [-0.05, 0) is 49.2 Å². The fourth-order valence-corrected chi connectivity index (χ4v) is 2.69. The third-order valence-electron chi connectivity index (χ3n) is 4.23. The number of carbonyl (C=O) groups excluding carboxylic acids is 1. The lowest BCUT2D eigenvalue weighted by Gasteiger charge is -2.09. The van der Waals surface area contributed by atoms with E-state index in [2.05, 4.69) is 12.2 Å². The smallest absolute Gasteiger partial charge is 0.293 e. The van der Waals surface area contributed by atoms with E-state index in [0.29, 0.717) is 17.9 Å². The molecule has 2 aromatic rings. The summed E-state index contributed by atoms with van der Waals surface area (Å²) in [5.41, 5.74) is 1.24. The van der Waals surface area contributed by atoms with Gasteiger partial charge in [0.15, 0.2) is 0 Å². The second kappa shape index (κ2) is 10.3. The van der Waals surface area contributed by atoms with Gasteiger partial charge >= 0.3 is 0 Å². The Bertz CT molecular complexity index is 772. The van der Waals surface area contributed by atoms with Crippen molar-refractivity contribution in [3.8, 4) is 5.75 Å². The minimum atomic E-state index is -0.500. The van der Waals surface area contributed by atoms with Gasteiger partial charge < -0.3 is 10.1 Å². The zero-order valence-corrected chi connectivity index (χ0v) is 15.9. The van der Waals surface area contributed by atoms with Crippen molar-refractivity contribution in [3.05, 3.63) is 63.7 Å². The van der Waals surface area contributed by atoms with Gasteiger partial charge in [0.1, 0.15) is 11.4 Å². The monoisotopic (exact) mass is 370 g/mol. The Morgan fingerprint density at radius 3 is 2.44 bits per heavy atom. The molecular formula is C21H26N2O4. The van der Waals surface area contributed by atoms with Crippen LogP contribution in [0, 0.1) is 17.0 Å². The molecule has 0 saturated carbocycles. The van der Waals surface area contributed by atoms with Gasteiger partial charge in [-0.1, -0.05) is 38.7 Å². The van der Waals surface area contributed by atoms with Crippen molar-refractivity contribution < 1.29 is 14.5 Å². The Kier molecular flexibility index (Phi) is 7.79. The summed E-state index contributed by atoms with van der Waals surface area (Å²) in [6.07, 6.45) is 5.87. The van der Waals surface area contributed by atoms with E-state index in [1.807, 2.05) is 0 Å². The minimum Gasteiger partial charge on any atom is -0.494 e. The Balaban J connectivity index is 1.91. The van der Waals surface area contributed by atoms with Gasteiger partial charge in [0.2, 0.25) is 0 Å². The molecule has 0 saturated heterocycles. The van der Waals surface area contributed by atoms with Crippen LogP contribution < -0.4 is 10.1 Å². The van der Waals surface area contributed by atoms with E-state index in [0.717, 1.165) is 18.4 Å². The van der Waals surface area contributed by atoms with Crippen molar-refractivity contribution in [3.63, 3.8) is 0 Å². The Hall–Kier alpha value is -2.89. The lowest BCUT2D eigenvalue weighted by molar-refractivity contribution is -0.384. The molecule has 0 fully saturated rings. The molecule has 0 aliphatic rings. The van der Waals surface area contributed by atoms with E-state index in [4.69, 9.17) is 4.74 Å². The summed E-state index contributed by atoms with van der Waals surface area (Å²) in [6.45, 7) is 4.61. The molecule has 0 atom stereocenters. The van der Waals surface area contributed by atoms with Crippen LogP contribution in [0.5, 0.6) is 5.75 Å². The first-order chi connectivity index (χ1) is 13.0. The third kappa shape index (κ3) is 6.40. The zero-order valence-electron chi connectivity index (χ0n) is 15.9. The molecule has 0 aliphatic heterocycles. The van der Waals surface area contributed by atoms with Crippen LogP contribution in [0.3, 0.4) is 0 Å². The van der Waals surface area contributed by atoms with Crippen molar-refractivity contribution in [2.24, 2.45) is 0 Å². The maximum absolute atomic E-state index is 12.4. The number of ether oxygens (including phenoxy) is 1. The SMILES string of the molecule is CCCCCCCOc1ccc(C(=O)Nc2ccc(C)cc2[N+](=O)[O-])cc1. The first-order valence-electron chi connectivity index (χ1n) is 9.30. The van der Waals surface area contributed by atoms with Crippen molar-refractivity contribution in [1.29, 1.82) is 0 Å². The van der Waals surface area contributed by atoms with E-state index < -0.39 is 10.8 Å². The standard InChI is InChI=1S/C21H26N2O4/c1-3-4-5-6-7-14-27-18-11-9-17(10-12-18)21(24)22-19-13-8-16(2)15-20(19)23(25)26/h8-13,15H,3-7,14H2,1-2H3,(H,22,24). The van der Waals surface area contributed by atoms with Gasteiger partial charge in [0.05, 0.1) is 11.5 Å². The first kappa shape index (κ1) is 20.4. The van der Waals surface area contributed by atoms with Crippen LogP contribution in [-0.2, 0) is 0 Å². The lowest BCUT2D eigenvalue weighted by Crippen LogP contribution is -2.13. The highest BCUT2D eigenvalue weighted by Crippen LogP contribution is 2.26. The van der Waals surface area contributed by atoms with E-state index >= 15 is 0 Å². The molecular weight excluding hydrogens is 344 g/mol. The fraction of sp³-hybridized carbons (Fsp3) is 0.381. The molecule has 0 bridgehead atoms. The molecule has 6 heteroatoms. The summed E-state index contributed by atoms with van der Waals surface area (Å²) in [5, 5.41) is 13.8. The number of anilines is 1. The quantitative estimate of drug-likeness (QED) is 0.340. The van der Waals surface area contributed by atoms with Gasteiger partial charge in [0, 0.05) is 11.6 Å². The molecule has 0 unspecified atom stereocenters. The number of nitro groups is 1. The Labute approximate surface area is 159 Å². The predicted molar refractivity (Wildman–Crippen MR) is 106 cm³/mol. The van der Waals surface area contributed by atoms with Gasteiger partial charge in [-0.25, -0.2) is 0 Å². The topological polar surface area (TPSA) is 81.5 Å². The molecule has 0 heterocycles. The van der Waals surface area contributed by atoms with E-state index in [1.54, 1.807) is 43.3 Å². The molecule has 27 heavy (non-hydrogen) atoms. The highest BCUT2D eigenvalue weighted by atomic mass is 16.6. The first-order valence-corrected chi connectivity index (χ1v) is 9.30. The van der Waals surface area contributed by atoms with Crippen molar-refractivity contribution >= 4 is 17.3 Å². The van der Waals surface area contributed by atoms with Crippen LogP contribution in [0.2, 0.25) is 0 Å². The number of amides is 1. The average molecular weight is 370 g/mol. The lowest BCUT2D eigenvalue weighted by atomic mass is 10.1. The summed E-state index contributed by atoms with van der Waals surface area (Å²) >= 11 is 0. The van der Waals surface area contributed by atoms with Crippen LogP contribution in [0.4, 0.5) is 11.4 Å². The third-order valence-corrected chi connectivity index (χ3v) is 4.23. The number of unbranched alkanes of at least 4 members (excludes halogenated alkanes) is 4. The van der Waals surface area contributed by atoms with Gasteiger partial charge in [-0.2, -0.15) is 0 Å². The summed E-state index contributed by atoms with van der Waals surface area (Å²) in [6, 6.07) is 11.5. The molecule has 2 rings (SSSR count). The molecule has 144 valence electrons. The zero-order chi connectivity index (χ0) is 19.6. The molecule has 0 aromatic heterocycles. The summed E-state index contributed by atoms with van der Waals surface area (Å²) < 4.78 is 5.68. The largest absolute Gasteiger partial charge is 0.494 e. The second-order valence-electron chi connectivity index (χ2n) is 6.52. The molecule has 2 aromatic carbocycles. The van der Waals surface area contributed by atoms with Crippen molar-refractivity contribution in [1.82, 2.24) is 0 Å². The normalized spacial score (nSPS) is 10.4. The minimum absolute atomic E-state index is 0.119. The number of benzene rings is 2. The van der Waals surface area contributed by atoms with Crippen molar-refractivity contribution in [2.45, 2.75) is 46.0 Å². The number of nitrogens with one attached hydrogen (secondary N) is 1. The number of aryl methyl sites for hydroxylation is 1. The Morgan fingerprint density at radius 2 is 1.78 bits per heavy atom. The number of hydrogen-bond acceptors (Lipinski definition) is 4. The predicted octanol–water partition coefficient (Wildman–Crippen LogP) is 5.50.